The Balaban J connectivity index is 1.92. The van der Waals surface area contributed by atoms with Crippen LogP contribution in [0.5, 0.6) is 0 Å². The maximum atomic E-state index is 12.7. The van der Waals surface area contributed by atoms with Gasteiger partial charge in [-0.3, -0.25) is 4.72 Å². The van der Waals surface area contributed by atoms with E-state index < -0.39 is 16.0 Å². The minimum absolute atomic E-state index is 0.0672. The molecule has 0 aliphatic heterocycles. The molecule has 0 atom stereocenters. The number of benzene rings is 3. The van der Waals surface area contributed by atoms with Crippen LogP contribution in [0, 0.1) is 0 Å². The van der Waals surface area contributed by atoms with E-state index >= 15 is 0 Å². The second-order valence-electron chi connectivity index (χ2n) is 5.87. The van der Waals surface area contributed by atoms with Crippen molar-refractivity contribution in [3.63, 3.8) is 0 Å². The van der Waals surface area contributed by atoms with Crippen LogP contribution in [0.4, 0.5) is 5.69 Å². The number of fused-ring (bicyclic) bond motifs is 1. The van der Waals surface area contributed by atoms with Gasteiger partial charge in [0.05, 0.1) is 4.90 Å². The standard InChI is InChI=1S/C20H17NO4S/c1-14(20(22)23)11-15-5-4-8-19(12-15)26(24,25)21-18-10-9-16-6-2-3-7-17(16)13-18/h2-13,21H,1H3,(H,22,23). The summed E-state index contributed by atoms with van der Waals surface area (Å²) < 4.78 is 27.9. The largest absolute Gasteiger partial charge is 0.478 e. The number of anilines is 1. The Labute approximate surface area is 151 Å². The lowest BCUT2D eigenvalue weighted by Gasteiger charge is -2.10. The number of carboxylic acid groups (broad SMARTS) is 1. The third-order valence-electron chi connectivity index (χ3n) is 3.89. The minimum atomic E-state index is -3.79. The van der Waals surface area contributed by atoms with Crippen LogP contribution in [0.15, 0.2) is 77.2 Å². The number of carboxylic acids is 1. The predicted molar refractivity (Wildman–Crippen MR) is 102 cm³/mol. The highest BCUT2D eigenvalue weighted by molar-refractivity contribution is 7.92. The minimum Gasteiger partial charge on any atom is -0.478 e. The van der Waals surface area contributed by atoms with E-state index in [0.717, 1.165) is 10.8 Å². The molecule has 2 N–H and O–H groups in total. The SMILES string of the molecule is CC(=Cc1cccc(S(=O)(=O)Nc2ccc3ccccc3c2)c1)C(=O)O. The zero-order valence-electron chi connectivity index (χ0n) is 14.0. The number of hydrogen-bond donors (Lipinski definition) is 2. The Hall–Kier alpha value is -3.12. The molecule has 26 heavy (non-hydrogen) atoms. The van der Waals surface area contributed by atoms with Crippen molar-refractivity contribution in [3.05, 3.63) is 77.9 Å². The lowest BCUT2D eigenvalue weighted by Crippen LogP contribution is -2.13. The highest BCUT2D eigenvalue weighted by Gasteiger charge is 2.15. The van der Waals surface area contributed by atoms with E-state index in [4.69, 9.17) is 5.11 Å². The van der Waals surface area contributed by atoms with E-state index in [1.807, 2.05) is 30.3 Å². The highest BCUT2D eigenvalue weighted by atomic mass is 32.2. The van der Waals surface area contributed by atoms with Gasteiger partial charge < -0.3 is 5.11 Å². The topological polar surface area (TPSA) is 83.5 Å². The summed E-state index contributed by atoms with van der Waals surface area (Å²) in [7, 11) is -3.79. The molecule has 0 aliphatic rings. The van der Waals surface area contributed by atoms with Crippen LogP contribution >= 0.6 is 0 Å². The van der Waals surface area contributed by atoms with Crippen molar-refractivity contribution in [1.29, 1.82) is 0 Å². The summed E-state index contributed by atoms with van der Waals surface area (Å²) in [5, 5.41) is 10.9. The third-order valence-corrected chi connectivity index (χ3v) is 5.27. The summed E-state index contributed by atoms with van der Waals surface area (Å²) in [4.78, 5) is 11.0. The lowest BCUT2D eigenvalue weighted by atomic mass is 10.1. The van der Waals surface area contributed by atoms with Crippen molar-refractivity contribution in [2.45, 2.75) is 11.8 Å². The number of carbonyl (C=O) groups is 1. The van der Waals surface area contributed by atoms with Gasteiger partial charge in [0.2, 0.25) is 0 Å². The summed E-state index contributed by atoms with van der Waals surface area (Å²) in [6.07, 6.45) is 1.43. The smallest absolute Gasteiger partial charge is 0.331 e. The van der Waals surface area contributed by atoms with E-state index in [9.17, 15) is 13.2 Å². The van der Waals surface area contributed by atoms with Gasteiger partial charge in [0.1, 0.15) is 0 Å². The molecule has 0 saturated carbocycles. The molecule has 3 rings (SSSR count). The van der Waals surface area contributed by atoms with E-state index in [1.54, 1.807) is 24.3 Å². The fourth-order valence-corrected chi connectivity index (χ4v) is 3.65. The molecule has 5 nitrogen and oxygen atoms in total. The van der Waals surface area contributed by atoms with Crippen molar-refractivity contribution in [2.24, 2.45) is 0 Å². The van der Waals surface area contributed by atoms with Crippen LogP contribution in [0.1, 0.15) is 12.5 Å². The van der Waals surface area contributed by atoms with Crippen LogP contribution in [0.25, 0.3) is 16.8 Å². The molecule has 0 heterocycles. The molecule has 3 aromatic carbocycles. The zero-order valence-corrected chi connectivity index (χ0v) is 14.8. The molecule has 0 fully saturated rings. The van der Waals surface area contributed by atoms with Crippen LogP contribution < -0.4 is 4.72 Å². The van der Waals surface area contributed by atoms with Crippen LogP contribution in [0.2, 0.25) is 0 Å². The second-order valence-corrected chi connectivity index (χ2v) is 7.55. The summed E-state index contributed by atoms with van der Waals surface area (Å²) in [6.45, 7) is 1.46. The first-order chi connectivity index (χ1) is 12.3. The normalized spacial score (nSPS) is 12.1. The number of hydrogen-bond acceptors (Lipinski definition) is 3. The molecule has 0 spiro atoms. The number of sulfonamides is 1. The number of aliphatic carboxylic acids is 1. The molecule has 0 saturated heterocycles. The lowest BCUT2D eigenvalue weighted by molar-refractivity contribution is -0.132. The fraction of sp³-hybridized carbons (Fsp3) is 0.0500. The highest BCUT2D eigenvalue weighted by Crippen LogP contribution is 2.22. The Bertz CT molecular complexity index is 1120. The monoisotopic (exact) mass is 367 g/mol. The van der Waals surface area contributed by atoms with Gasteiger partial charge in [-0.05, 0) is 53.6 Å². The van der Waals surface area contributed by atoms with E-state index in [2.05, 4.69) is 4.72 Å². The van der Waals surface area contributed by atoms with Gasteiger partial charge in [0.25, 0.3) is 10.0 Å². The Morgan fingerprint density at radius 1 is 0.962 bits per heavy atom. The number of nitrogens with one attached hydrogen (secondary N) is 1. The first-order valence-electron chi connectivity index (χ1n) is 7.88. The second kappa shape index (κ2) is 7.01. The van der Waals surface area contributed by atoms with Crippen molar-refractivity contribution >= 4 is 38.5 Å². The molecule has 3 aromatic rings. The van der Waals surface area contributed by atoms with Gasteiger partial charge in [-0.15, -0.1) is 0 Å². The first-order valence-corrected chi connectivity index (χ1v) is 9.37. The molecule has 0 bridgehead atoms. The van der Waals surface area contributed by atoms with Gasteiger partial charge in [-0.25, -0.2) is 13.2 Å². The molecule has 132 valence electrons. The predicted octanol–water partition coefficient (Wildman–Crippen LogP) is 4.13. The summed E-state index contributed by atoms with van der Waals surface area (Å²) in [5.74, 6) is -1.05. The first kappa shape index (κ1) is 17.7. The molecular formula is C20H17NO4S. The molecule has 6 heteroatoms. The van der Waals surface area contributed by atoms with E-state index in [0.29, 0.717) is 11.3 Å². The maximum Gasteiger partial charge on any atom is 0.331 e. The van der Waals surface area contributed by atoms with Crippen LogP contribution in [-0.4, -0.2) is 19.5 Å². The maximum absolute atomic E-state index is 12.7. The summed E-state index contributed by atoms with van der Waals surface area (Å²) >= 11 is 0. The average Bonchev–Trinajstić information content (AvgIpc) is 2.61. The van der Waals surface area contributed by atoms with Crippen molar-refractivity contribution in [1.82, 2.24) is 0 Å². The Kier molecular flexibility index (Phi) is 4.77. The molecule has 0 aliphatic carbocycles. The van der Waals surface area contributed by atoms with Crippen LogP contribution in [-0.2, 0) is 14.8 Å². The fourth-order valence-electron chi connectivity index (χ4n) is 2.55. The van der Waals surface area contributed by atoms with E-state index in [1.165, 1.54) is 25.1 Å². The van der Waals surface area contributed by atoms with Crippen molar-refractivity contribution in [3.8, 4) is 0 Å². The van der Waals surface area contributed by atoms with Gasteiger partial charge in [-0.2, -0.15) is 0 Å². The average molecular weight is 367 g/mol. The van der Waals surface area contributed by atoms with Crippen LogP contribution in [0.3, 0.4) is 0 Å². The Morgan fingerprint density at radius 2 is 1.69 bits per heavy atom. The van der Waals surface area contributed by atoms with Crippen molar-refractivity contribution < 1.29 is 18.3 Å². The zero-order chi connectivity index (χ0) is 18.7. The molecule has 0 amide bonds. The molecule has 0 radical (unpaired) electrons. The third kappa shape index (κ3) is 3.92. The van der Waals surface area contributed by atoms with Gasteiger partial charge in [0.15, 0.2) is 0 Å². The summed E-state index contributed by atoms with van der Waals surface area (Å²) in [6, 6.07) is 19.1. The van der Waals surface area contributed by atoms with Crippen molar-refractivity contribution in [2.75, 3.05) is 4.72 Å². The number of rotatable bonds is 5. The quantitative estimate of drug-likeness (QED) is 0.664. The van der Waals surface area contributed by atoms with Gasteiger partial charge >= 0.3 is 5.97 Å². The molecule has 0 aromatic heterocycles. The van der Waals surface area contributed by atoms with E-state index in [-0.39, 0.29) is 10.5 Å². The molecular weight excluding hydrogens is 350 g/mol. The van der Waals surface area contributed by atoms with Gasteiger partial charge in [-0.1, -0.05) is 42.5 Å². The Morgan fingerprint density at radius 3 is 2.42 bits per heavy atom. The molecule has 0 unspecified atom stereocenters. The van der Waals surface area contributed by atoms with Gasteiger partial charge in [0, 0.05) is 11.3 Å². The summed E-state index contributed by atoms with van der Waals surface area (Å²) in [5.41, 5.74) is 1.10.